The minimum Gasteiger partial charge on any atom is -0.489 e. The van der Waals surface area contributed by atoms with E-state index in [9.17, 15) is 8.42 Å². The van der Waals surface area contributed by atoms with Gasteiger partial charge in [-0.15, -0.1) is 0 Å². The van der Waals surface area contributed by atoms with Crippen LogP contribution < -0.4 is 9.46 Å². The first-order valence-electron chi connectivity index (χ1n) is 7.23. The van der Waals surface area contributed by atoms with E-state index in [-0.39, 0.29) is 17.9 Å². The summed E-state index contributed by atoms with van der Waals surface area (Å²) < 4.78 is 37.7. The maximum atomic E-state index is 12.2. The molecule has 0 bridgehead atoms. The number of nitrogens with zero attached hydrogens (tertiary/aromatic N) is 1. The fourth-order valence-electron chi connectivity index (χ4n) is 2.65. The van der Waals surface area contributed by atoms with E-state index in [4.69, 9.17) is 4.74 Å². The number of ether oxygens (including phenoxy) is 1. The molecule has 0 saturated heterocycles. The van der Waals surface area contributed by atoms with Crippen molar-refractivity contribution in [3.05, 3.63) is 48.4 Å². The van der Waals surface area contributed by atoms with Crippen LogP contribution in [0.25, 0.3) is 0 Å². The number of aromatic nitrogens is 1. The number of sulfonamides is 1. The third-order valence-corrected chi connectivity index (χ3v) is 4.98. The van der Waals surface area contributed by atoms with E-state index in [0.717, 1.165) is 25.0 Å². The van der Waals surface area contributed by atoms with E-state index < -0.39 is 10.0 Å². The van der Waals surface area contributed by atoms with Crippen LogP contribution in [0.4, 0.5) is 0 Å². The van der Waals surface area contributed by atoms with Gasteiger partial charge in [0.25, 0.3) is 0 Å². The zero-order valence-corrected chi connectivity index (χ0v) is 12.8. The molecule has 118 valence electrons. The van der Waals surface area contributed by atoms with Crippen LogP contribution in [-0.4, -0.2) is 25.7 Å². The summed E-state index contributed by atoms with van der Waals surface area (Å²) in [5.74, 6) is 0.577. The molecule has 1 aliphatic rings. The molecular formula is C15H18N2O4S. The summed E-state index contributed by atoms with van der Waals surface area (Å²) in [6, 6.07) is 10.8. The molecule has 1 saturated carbocycles. The Labute approximate surface area is 129 Å². The molecule has 3 rings (SSSR count). The standard InChI is InChI=1S/C15H18N2O4S/c18-22(19,11-12-9-10-20-16-12)17-14-7-4-8-15(14)21-13-5-2-1-3-6-13/h1-3,5-6,9-10,14-15,17H,4,7-8,11H2/t14-,15-/m1/s1. The molecule has 0 spiro atoms. The summed E-state index contributed by atoms with van der Waals surface area (Å²) in [7, 11) is -3.47. The molecule has 1 heterocycles. The van der Waals surface area contributed by atoms with E-state index >= 15 is 0 Å². The third-order valence-electron chi connectivity index (χ3n) is 3.64. The molecule has 2 aromatic rings. The molecular weight excluding hydrogens is 304 g/mol. The predicted octanol–water partition coefficient (Wildman–Crippen LogP) is 2.09. The fraction of sp³-hybridized carbons (Fsp3) is 0.400. The second-order valence-corrected chi connectivity index (χ2v) is 7.13. The molecule has 2 atom stereocenters. The Balaban J connectivity index is 1.63. The van der Waals surface area contributed by atoms with Gasteiger partial charge in [0.05, 0.1) is 11.7 Å². The molecule has 1 fully saturated rings. The molecule has 1 aliphatic carbocycles. The Bertz CT molecular complexity index is 686. The van der Waals surface area contributed by atoms with Crippen molar-refractivity contribution in [2.45, 2.75) is 37.2 Å². The normalized spacial score (nSPS) is 21.8. The van der Waals surface area contributed by atoms with E-state index in [1.807, 2.05) is 30.3 Å². The number of benzene rings is 1. The van der Waals surface area contributed by atoms with Crippen LogP contribution in [0.3, 0.4) is 0 Å². The van der Waals surface area contributed by atoms with Gasteiger partial charge in [0.15, 0.2) is 0 Å². The van der Waals surface area contributed by atoms with Gasteiger partial charge in [-0.05, 0) is 31.4 Å². The van der Waals surface area contributed by atoms with Crippen molar-refractivity contribution in [3.63, 3.8) is 0 Å². The highest BCUT2D eigenvalue weighted by atomic mass is 32.2. The lowest BCUT2D eigenvalue weighted by Gasteiger charge is -2.22. The van der Waals surface area contributed by atoms with Crippen LogP contribution in [0.15, 0.2) is 47.2 Å². The van der Waals surface area contributed by atoms with Crippen LogP contribution in [0.5, 0.6) is 5.75 Å². The third kappa shape index (κ3) is 3.86. The monoisotopic (exact) mass is 322 g/mol. The number of rotatable bonds is 6. The van der Waals surface area contributed by atoms with Crippen molar-refractivity contribution in [2.24, 2.45) is 0 Å². The lowest BCUT2D eigenvalue weighted by Crippen LogP contribution is -2.42. The van der Waals surface area contributed by atoms with Crippen LogP contribution in [0.1, 0.15) is 25.0 Å². The molecule has 7 heteroatoms. The summed E-state index contributed by atoms with van der Waals surface area (Å²) in [6.45, 7) is 0. The van der Waals surface area contributed by atoms with Gasteiger partial charge in [0.1, 0.15) is 23.9 Å². The van der Waals surface area contributed by atoms with Crippen molar-refractivity contribution >= 4 is 10.0 Å². The van der Waals surface area contributed by atoms with Gasteiger partial charge in [-0.1, -0.05) is 23.4 Å². The summed E-state index contributed by atoms with van der Waals surface area (Å²) >= 11 is 0. The average Bonchev–Trinajstić information content (AvgIpc) is 3.12. The number of nitrogens with one attached hydrogen (secondary N) is 1. The van der Waals surface area contributed by atoms with Crippen LogP contribution in [0, 0.1) is 0 Å². The number of hydrogen-bond donors (Lipinski definition) is 1. The second kappa shape index (κ2) is 6.50. The van der Waals surface area contributed by atoms with Gasteiger partial charge in [0, 0.05) is 6.07 Å². The van der Waals surface area contributed by atoms with Gasteiger partial charge in [-0.2, -0.15) is 0 Å². The maximum Gasteiger partial charge on any atom is 0.217 e. The summed E-state index contributed by atoms with van der Waals surface area (Å²) in [6.07, 6.45) is 3.77. The largest absolute Gasteiger partial charge is 0.489 e. The Morgan fingerprint density at radius 2 is 2.05 bits per heavy atom. The number of para-hydroxylation sites is 1. The smallest absolute Gasteiger partial charge is 0.217 e. The maximum absolute atomic E-state index is 12.2. The predicted molar refractivity (Wildman–Crippen MR) is 80.8 cm³/mol. The summed E-state index contributed by atoms with van der Waals surface area (Å²) in [4.78, 5) is 0. The fourth-order valence-corrected chi connectivity index (χ4v) is 4.01. The lowest BCUT2D eigenvalue weighted by atomic mass is 10.2. The Morgan fingerprint density at radius 3 is 2.77 bits per heavy atom. The van der Waals surface area contributed by atoms with Gasteiger partial charge in [-0.25, -0.2) is 13.1 Å². The van der Waals surface area contributed by atoms with Crippen molar-refractivity contribution in [1.82, 2.24) is 9.88 Å². The molecule has 1 aromatic carbocycles. The SMILES string of the molecule is O=S(=O)(Cc1ccon1)N[C@@H]1CCC[C@H]1Oc1ccccc1. The molecule has 0 radical (unpaired) electrons. The van der Waals surface area contributed by atoms with Crippen molar-refractivity contribution in [1.29, 1.82) is 0 Å². The summed E-state index contributed by atoms with van der Waals surface area (Å²) in [5.41, 5.74) is 0.394. The minimum atomic E-state index is -3.47. The van der Waals surface area contributed by atoms with Gasteiger partial charge < -0.3 is 9.26 Å². The molecule has 22 heavy (non-hydrogen) atoms. The van der Waals surface area contributed by atoms with Crippen LogP contribution in [0.2, 0.25) is 0 Å². The average molecular weight is 322 g/mol. The Kier molecular flexibility index (Phi) is 4.44. The quantitative estimate of drug-likeness (QED) is 0.881. The van der Waals surface area contributed by atoms with Crippen LogP contribution in [-0.2, 0) is 15.8 Å². The first-order chi connectivity index (χ1) is 10.6. The van der Waals surface area contributed by atoms with Crippen molar-refractivity contribution < 1.29 is 17.7 Å². The first-order valence-corrected chi connectivity index (χ1v) is 8.88. The number of hydrogen-bond acceptors (Lipinski definition) is 5. The Morgan fingerprint density at radius 1 is 1.23 bits per heavy atom. The van der Waals surface area contributed by atoms with Gasteiger partial charge in [-0.3, -0.25) is 0 Å². The highest BCUT2D eigenvalue weighted by Crippen LogP contribution is 2.25. The van der Waals surface area contributed by atoms with Gasteiger partial charge >= 0.3 is 0 Å². The lowest BCUT2D eigenvalue weighted by molar-refractivity contribution is 0.185. The van der Waals surface area contributed by atoms with E-state index in [2.05, 4.69) is 14.4 Å². The van der Waals surface area contributed by atoms with E-state index in [1.54, 1.807) is 6.07 Å². The first kappa shape index (κ1) is 15.1. The second-order valence-electron chi connectivity index (χ2n) is 5.37. The van der Waals surface area contributed by atoms with E-state index in [0.29, 0.717) is 5.69 Å². The van der Waals surface area contributed by atoms with Crippen molar-refractivity contribution in [2.75, 3.05) is 0 Å². The zero-order chi connectivity index (χ0) is 15.4. The van der Waals surface area contributed by atoms with Crippen molar-refractivity contribution in [3.8, 4) is 5.75 Å². The highest BCUT2D eigenvalue weighted by Gasteiger charge is 2.32. The molecule has 0 aliphatic heterocycles. The van der Waals surface area contributed by atoms with Gasteiger partial charge in [0.2, 0.25) is 10.0 Å². The molecule has 6 nitrogen and oxygen atoms in total. The van der Waals surface area contributed by atoms with E-state index in [1.165, 1.54) is 6.26 Å². The summed E-state index contributed by atoms with van der Waals surface area (Å²) in [5, 5.41) is 3.64. The molecule has 1 N–H and O–H groups in total. The Hall–Kier alpha value is -1.86. The zero-order valence-electron chi connectivity index (χ0n) is 12.0. The molecule has 0 amide bonds. The minimum absolute atomic E-state index is 0.144. The topological polar surface area (TPSA) is 81.4 Å². The molecule has 0 unspecified atom stereocenters. The van der Waals surface area contributed by atoms with Crippen LogP contribution >= 0.6 is 0 Å². The highest BCUT2D eigenvalue weighted by molar-refractivity contribution is 7.88. The molecule has 1 aromatic heterocycles.